The first-order valence-corrected chi connectivity index (χ1v) is 7.62. The molecule has 0 saturated carbocycles. The Morgan fingerprint density at radius 2 is 1.76 bits per heavy atom. The molecule has 0 bridgehead atoms. The maximum atomic E-state index is 4.57. The van der Waals surface area contributed by atoms with Gasteiger partial charge in [-0.05, 0) is 30.7 Å². The van der Waals surface area contributed by atoms with Crippen LogP contribution in [0.25, 0.3) is 5.69 Å². The van der Waals surface area contributed by atoms with Gasteiger partial charge in [0.25, 0.3) is 0 Å². The van der Waals surface area contributed by atoms with Crippen molar-refractivity contribution < 1.29 is 0 Å². The normalized spacial score (nSPS) is 10.6. The fourth-order valence-electron chi connectivity index (χ4n) is 2.22. The Hall–Kier alpha value is -2.07. The largest absolute Gasteiger partial charge is 0.351 e. The Balaban J connectivity index is 1.85. The molecule has 1 heterocycles. The van der Waals surface area contributed by atoms with E-state index in [4.69, 9.17) is 0 Å². The summed E-state index contributed by atoms with van der Waals surface area (Å²) < 4.78 is 3.18. The number of nitrogens with one attached hydrogen (secondary N) is 1. The van der Waals surface area contributed by atoms with Crippen molar-refractivity contribution in [1.82, 2.24) is 9.55 Å². The first kappa shape index (κ1) is 13.9. The lowest BCUT2D eigenvalue weighted by Crippen LogP contribution is -2.06. The molecular weight excluding hydrogens is 326 g/mol. The van der Waals surface area contributed by atoms with Crippen molar-refractivity contribution in [2.45, 2.75) is 13.5 Å². The van der Waals surface area contributed by atoms with E-state index in [1.165, 1.54) is 5.56 Å². The molecule has 21 heavy (non-hydrogen) atoms. The summed E-state index contributed by atoms with van der Waals surface area (Å²) in [5.41, 5.74) is 3.30. The predicted octanol–water partition coefficient (Wildman–Crippen LogP) is 4.56. The molecule has 0 atom stereocenters. The van der Waals surface area contributed by atoms with Gasteiger partial charge in [0.15, 0.2) is 0 Å². The molecule has 0 amide bonds. The molecule has 3 nitrogen and oxygen atoms in total. The van der Waals surface area contributed by atoms with Crippen molar-refractivity contribution in [2.75, 3.05) is 5.32 Å². The summed E-state index contributed by atoms with van der Waals surface area (Å²) in [7, 11) is 0. The number of benzene rings is 2. The van der Waals surface area contributed by atoms with Crippen molar-refractivity contribution in [1.29, 1.82) is 0 Å². The molecule has 0 unspecified atom stereocenters. The molecule has 0 aliphatic carbocycles. The number of hydrogen-bond acceptors (Lipinski definition) is 2. The lowest BCUT2D eigenvalue weighted by molar-refractivity contribution is 1.00. The van der Waals surface area contributed by atoms with Crippen LogP contribution in [-0.2, 0) is 6.54 Å². The molecule has 0 aliphatic heterocycles. The van der Waals surface area contributed by atoms with Gasteiger partial charge in [-0.2, -0.15) is 0 Å². The number of nitrogens with zero attached hydrogens (tertiary/aromatic N) is 2. The fourth-order valence-corrected chi connectivity index (χ4v) is 2.65. The van der Waals surface area contributed by atoms with E-state index in [9.17, 15) is 0 Å². The predicted molar refractivity (Wildman–Crippen MR) is 89.8 cm³/mol. The smallest absolute Gasteiger partial charge is 0.208 e. The van der Waals surface area contributed by atoms with Gasteiger partial charge >= 0.3 is 0 Å². The summed E-state index contributed by atoms with van der Waals surface area (Å²) in [5, 5.41) is 3.41. The van der Waals surface area contributed by atoms with Gasteiger partial charge in [0.1, 0.15) is 0 Å². The van der Waals surface area contributed by atoms with E-state index < -0.39 is 0 Å². The summed E-state index contributed by atoms with van der Waals surface area (Å²) in [6, 6.07) is 18.4. The highest BCUT2D eigenvalue weighted by Gasteiger charge is 2.07. The van der Waals surface area contributed by atoms with E-state index in [-0.39, 0.29) is 0 Å². The fraction of sp³-hybridized carbons (Fsp3) is 0.118. The summed E-state index contributed by atoms with van der Waals surface area (Å²) in [6.07, 6.45) is 2.04. The van der Waals surface area contributed by atoms with Crippen LogP contribution >= 0.6 is 15.9 Å². The zero-order chi connectivity index (χ0) is 14.7. The molecule has 0 saturated heterocycles. The van der Waals surface area contributed by atoms with Gasteiger partial charge < -0.3 is 5.32 Å². The average Bonchev–Trinajstić information content (AvgIpc) is 2.88. The van der Waals surface area contributed by atoms with Crippen molar-refractivity contribution in [2.24, 2.45) is 0 Å². The van der Waals surface area contributed by atoms with Gasteiger partial charge in [0.05, 0.1) is 5.69 Å². The Bertz CT molecular complexity index is 735. The van der Waals surface area contributed by atoms with Gasteiger partial charge in [-0.25, -0.2) is 4.98 Å². The quantitative estimate of drug-likeness (QED) is 0.754. The summed E-state index contributed by atoms with van der Waals surface area (Å²) in [5.74, 6) is 0.856. The highest BCUT2D eigenvalue weighted by molar-refractivity contribution is 9.10. The third-order valence-electron chi connectivity index (χ3n) is 3.26. The number of halogens is 1. The molecule has 0 aliphatic rings. The van der Waals surface area contributed by atoms with Crippen molar-refractivity contribution in [3.63, 3.8) is 0 Å². The van der Waals surface area contributed by atoms with Gasteiger partial charge in [0, 0.05) is 22.9 Å². The summed E-state index contributed by atoms with van der Waals surface area (Å²) in [6.45, 7) is 2.73. The molecule has 4 heteroatoms. The topological polar surface area (TPSA) is 29.9 Å². The minimum Gasteiger partial charge on any atom is -0.351 e. The molecule has 0 fully saturated rings. The van der Waals surface area contributed by atoms with Crippen molar-refractivity contribution >= 4 is 21.9 Å². The van der Waals surface area contributed by atoms with E-state index >= 15 is 0 Å². The molecule has 1 N–H and O–H groups in total. The Morgan fingerprint density at radius 3 is 2.52 bits per heavy atom. The lowest BCUT2D eigenvalue weighted by atomic mass is 10.2. The van der Waals surface area contributed by atoms with Crippen molar-refractivity contribution in [3.05, 3.63) is 76.5 Å². The number of rotatable bonds is 4. The van der Waals surface area contributed by atoms with Crippen LogP contribution in [0, 0.1) is 6.92 Å². The van der Waals surface area contributed by atoms with Gasteiger partial charge in [-0.3, -0.25) is 4.57 Å². The van der Waals surface area contributed by atoms with Gasteiger partial charge in [-0.1, -0.05) is 52.3 Å². The second-order valence-corrected chi connectivity index (χ2v) is 5.71. The molecule has 106 valence electrons. The highest BCUT2D eigenvalue weighted by Crippen LogP contribution is 2.20. The zero-order valence-corrected chi connectivity index (χ0v) is 13.3. The van der Waals surface area contributed by atoms with Crippen LogP contribution in [0.5, 0.6) is 0 Å². The molecular formula is C17H16BrN3. The second-order valence-electron chi connectivity index (χ2n) is 4.86. The zero-order valence-electron chi connectivity index (χ0n) is 11.8. The van der Waals surface area contributed by atoms with Gasteiger partial charge in [-0.15, -0.1) is 0 Å². The lowest BCUT2D eigenvalue weighted by Gasteiger charge is -2.10. The van der Waals surface area contributed by atoms with Crippen LogP contribution in [0.1, 0.15) is 11.3 Å². The van der Waals surface area contributed by atoms with Crippen LogP contribution in [0.15, 0.2) is 65.3 Å². The van der Waals surface area contributed by atoms with Gasteiger partial charge in [0.2, 0.25) is 5.95 Å². The Morgan fingerprint density at radius 1 is 1.05 bits per heavy atom. The summed E-state index contributed by atoms with van der Waals surface area (Å²) >= 11 is 3.57. The number of imidazole rings is 1. The monoisotopic (exact) mass is 341 g/mol. The third kappa shape index (κ3) is 3.16. The first-order valence-electron chi connectivity index (χ1n) is 6.83. The van der Waals surface area contributed by atoms with Crippen LogP contribution in [0.3, 0.4) is 0 Å². The van der Waals surface area contributed by atoms with Crippen LogP contribution in [-0.4, -0.2) is 9.55 Å². The molecule has 2 aromatic carbocycles. The van der Waals surface area contributed by atoms with E-state index in [0.29, 0.717) is 0 Å². The third-order valence-corrected chi connectivity index (χ3v) is 4.03. The van der Waals surface area contributed by atoms with Crippen LogP contribution < -0.4 is 5.32 Å². The Labute approximate surface area is 132 Å². The summed E-state index contributed by atoms with van der Waals surface area (Å²) in [4.78, 5) is 4.57. The van der Waals surface area contributed by atoms with E-state index in [1.807, 2.05) is 49.5 Å². The Kier molecular flexibility index (Phi) is 4.06. The number of anilines is 1. The standard InChI is InChI=1S/C17H16BrN3/c1-13-12-21(15-8-3-2-4-9-15)17(20-13)19-11-14-7-5-6-10-16(14)18/h2-10,12H,11H2,1H3,(H,19,20). The first-order chi connectivity index (χ1) is 10.2. The van der Waals surface area contributed by atoms with E-state index in [0.717, 1.165) is 28.3 Å². The maximum Gasteiger partial charge on any atom is 0.208 e. The molecule has 0 spiro atoms. The van der Waals surface area contributed by atoms with E-state index in [2.05, 4.69) is 49.0 Å². The second kappa shape index (κ2) is 6.14. The molecule has 3 aromatic rings. The SMILES string of the molecule is Cc1cn(-c2ccccc2)c(NCc2ccccc2Br)n1. The van der Waals surface area contributed by atoms with E-state index in [1.54, 1.807) is 0 Å². The number of hydrogen-bond donors (Lipinski definition) is 1. The number of aryl methyl sites for hydroxylation is 1. The average molecular weight is 342 g/mol. The van der Waals surface area contributed by atoms with Crippen LogP contribution in [0.2, 0.25) is 0 Å². The molecule has 3 rings (SSSR count). The molecule has 1 aromatic heterocycles. The van der Waals surface area contributed by atoms with Crippen molar-refractivity contribution in [3.8, 4) is 5.69 Å². The highest BCUT2D eigenvalue weighted by atomic mass is 79.9. The van der Waals surface area contributed by atoms with Crippen LogP contribution in [0.4, 0.5) is 5.95 Å². The number of para-hydroxylation sites is 1. The minimum atomic E-state index is 0.727. The number of aromatic nitrogens is 2. The molecule has 0 radical (unpaired) electrons. The minimum absolute atomic E-state index is 0.727. The maximum absolute atomic E-state index is 4.57.